The van der Waals surface area contributed by atoms with E-state index in [0.717, 1.165) is 9.28 Å². The van der Waals surface area contributed by atoms with Crippen LogP contribution < -0.4 is 0 Å². The van der Waals surface area contributed by atoms with E-state index in [2.05, 4.69) is 19.6 Å². The molecule has 0 saturated heterocycles. The van der Waals surface area contributed by atoms with Gasteiger partial charge in [0.15, 0.2) is 0 Å². The Bertz CT molecular complexity index is 299. The Morgan fingerprint density at radius 1 is 0.957 bits per heavy atom. The number of hydrogen-bond donors (Lipinski definition) is 2. The van der Waals surface area contributed by atoms with Gasteiger partial charge in [-0.2, -0.15) is 0 Å². The Morgan fingerprint density at radius 2 is 1.30 bits per heavy atom. The molecule has 0 amide bonds. The topological polar surface area (TPSA) is 37.3 Å². The van der Waals surface area contributed by atoms with Crippen molar-refractivity contribution in [2.24, 2.45) is 5.41 Å². The first kappa shape index (κ1) is 25.5. The Labute approximate surface area is 159 Å². The average molecular weight is 381 g/mol. The van der Waals surface area contributed by atoms with Crippen LogP contribution in [0.4, 0.5) is 0 Å². The molecule has 0 aliphatic heterocycles. The van der Waals surface area contributed by atoms with Crippen molar-refractivity contribution in [1.82, 2.24) is 0 Å². The molecule has 0 rings (SSSR count). The molecule has 0 radical (unpaired) electrons. The van der Waals surface area contributed by atoms with Gasteiger partial charge in [-0.05, 0) is 32.9 Å². The van der Waals surface area contributed by atoms with Crippen LogP contribution in [0.2, 0.25) is 0 Å². The number of carbonyl (C=O) groups is 1. The molecule has 138 valence electrons. The highest BCUT2D eigenvalue weighted by Gasteiger charge is 2.18. The maximum atomic E-state index is 10.0. The highest BCUT2D eigenvalue weighted by molar-refractivity contribution is 8.41. The zero-order chi connectivity index (χ0) is 18.1. The van der Waals surface area contributed by atoms with Crippen LogP contribution in [0.25, 0.3) is 0 Å². The van der Waals surface area contributed by atoms with Crippen LogP contribution in [0.1, 0.15) is 91.9 Å². The Morgan fingerprint density at radius 3 is 1.61 bits per heavy atom. The van der Waals surface area contributed by atoms with Gasteiger partial charge in [0.25, 0.3) is 0 Å². The van der Waals surface area contributed by atoms with Crippen LogP contribution in [0, 0.1) is 5.41 Å². The first-order valence-electron chi connectivity index (χ1n) is 8.81. The standard InChI is InChI=1S/C13H26S3.C5H10O2/c1-2-3-4-5-6-7-8-9-10-11-12-16-13(14)15;1-5(2,3)4(6)7/h2-12H2,1H3,(H,14,15);1-3H3,(H,6,7). The molecule has 0 heterocycles. The quantitative estimate of drug-likeness (QED) is 0.230. The number of thioether (sulfide) groups is 1. The van der Waals surface area contributed by atoms with E-state index in [-0.39, 0.29) is 0 Å². The van der Waals surface area contributed by atoms with E-state index in [1.165, 1.54) is 64.2 Å². The third-order valence-corrected chi connectivity index (χ3v) is 4.85. The van der Waals surface area contributed by atoms with Gasteiger partial charge in [0.1, 0.15) is 3.53 Å². The van der Waals surface area contributed by atoms with Crippen molar-refractivity contribution in [2.45, 2.75) is 91.9 Å². The third-order valence-electron chi connectivity index (χ3n) is 3.37. The maximum absolute atomic E-state index is 10.0. The Kier molecular flexibility index (Phi) is 19.0. The van der Waals surface area contributed by atoms with E-state index in [4.69, 9.17) is 17.3 Å². The van der Waals surface area contributed by atoms with Crippen molar-refractivity contribution < 1.29 is 9.90 Å². The lowest BCUT2D eigenvalue weighted by atomic mass is 9.98. The molecule has 0 aliphatic carbocycles. The van der Waals surface area contributed by atoms with Crippen LogP contribution in [0.15, 0.2) is 0 Å². The van der Waals surface area contributed by atoms with E-state index in [0.29, 0.717) is 0 Å². The van der Waals surface area contributed by atoms with Crippen molar-refractivity contribution in [3.8, 4) is 0 Å². The van der Waals surface area contributed by atoms with Crippen molar-refractivity contribution in [1.29, 1.82) is 0 Å². The smallest absolute Gasteiger partial charge is 0.308 e. The summed E-state index contributed by atoms with van der Waals surface area (Å²) in [5.41, 5.74) is -0.583. The predicted octanol–water partition coefficient (Wildman–Crippen LogP) is 6.97. The number of rotatable bonds is 11. The summed E-state index contributed by atoms with van der Waals surface area (Å²) < 4.78 is 0.788. The van der Waals surface area contributed by atoms with Crippen molar-refractivity contribution >= 4 is 46.1 Å². The van der Waals surface area contributed by atoms with E-state index < -0.39 is 11.4 Å². The summed E-state index contributed by atoms with van der Waals surface area (Å²) in [6.07, 6.45) is 14.0. The lowest BCUT2D eigenvalue weighted by molar-refractivity contribution is -0.145. The van der Waals surface area contributed by atoms with Gasteiger partial charge in [0.2, 0.25) is 0 Å². The largest absolute Gasteiger partial charge is 0.481 e. The molecule has 0 aliphatic rings. The highest BCUT2D eigenvalue weighted by Crippen LogP contribution is 2.14. The monoisotopic (exact) mass is 380 g/mol. The number of unbranched alkanes of at least 4 members (excludes halogenated alkanes) is 9. The second kappa shape index (κ2) is 17.1. The number of aliphatic carboxylic acids is 1. The van der Waals surface area contributed by atoms with Crippen LogP contribution in [0.3, 0.4) is 0 Å². The van der Waals surface area contributed by atoms with E-state index in [1.54, 1.807) is 32.5 Å². The number of carboxylic acids is 1. The molecule has 0 saturated carbocycles. The summed E-state index contributed by atoms with van der Waals surface area (Å²) in [6, 6.07) is 0. The SMILES string of the molecule is CC(C)(C)C(=O)O.CCCCCCCCCCCCSC(=S)S. The first-order chi connectivity index (χ1) is 10.7. The number of thiol groups is 1. The second-order valence-corrected chi connectivity index (χ2v) is 9.68. The van der Waals surface area contributed by atoms with E-state index in [9.17, 15) is 4.79 Å². The normalized spacial score (nSPS) is 10.8. The fraction of sp³-hybridized carbons (Fsp3) is 0.889. The number of carboxylic acid groups (broad SMARTS) is 1. The molecule has 23 heavy (non-hydrogen) atoms. The van der Waals surface area contributed by atoms with Crippen molar-refractivity contribution in [3.05, 3.63) is 0 Å². The summed E-state index contributed by atoms with van der Waals surface area (Å²) >= 11 is 10.7. The summed E-state index contributed by atoms with van der Waals surface area (Å²) in [7, 11) is 0. The average Bonchev–Trinajstić information content (AvgIpc) is 2.44. The minimum atomic E-state index is -0.757. The zero-order valence-electron chi connectivity index (χ0n) is 15.4. The molecule has 0 unspecified atom stereocenters. The molecule has 0 fully saturated rings. The predicted molar refractivity (Wildman–Crippen MR) is 113 cm³/mol. The van der Waals surface area contributed by atoms with Gasteiger partial charge in [0, 0.05) is 0 Å². The molecule has 1 N–H and O–H groups in total. The fourth-order valence-corrected chi connectivity index (χ4v) is 2.80. The lowest BCUT2D eigenvalue weighted by Crippen LogP contribution is -2.18. The van der Waals surface area contributed by atoms with Gasteiger partial charge in [-0.1, -0.05) is 76.9 Å². The summed E-state index contributed by atoms with van der Waals surface area (Å²) in [5, 5.41) is 8.25. The van der Waals surface area contributed by atoms with Gasteiger partial charge >= 0.3 is 5.97 Å². The van der Waals surface area contributed by atoms with Crippen molar-refractivity contribution in [2.75, 3.05) is 5.75 Å². The van der Waals surface area contributed by atoms with Gasteiger partial charge in [-0.25, -0.2) is 0 Å². The molecular formula is C18H36O2S3. The third kappa shape index (κ3) is 24.6. The zero-order valence-corrected chi connectivity index (χ0v) is 17.9. The number of hydrogen-bond acceptors (Lipinski definition) is 3. The van der Waals surface area contributed by atoms with Gasteiger partial charge in [-0.15, -0.1) is 24.4 Å². The summed E-state index contributed by atoms with van der Waals surface area (Å²) in [4.78, 5) is 10.0. The van der Waals surface area contributed by atoms with Crippen LogP contribution in [0.5, 0.6) is 0 Å². The lowest BCUT2D eigenvalue weighted by Gasteiger charge is -2.08. The molecule has 0 aromatic rings. The molecule has 0 atom stereocenters. The highest BCUT2D eigenvalue weighted by atomic mass is 32.2. The van der Waals surface area contributed by atoms with Crippen molar-refractivity contribution in [3.63, 3.8) is 0 Å². The van der Waals surface area contributed by atoms with Crippen LogP contribution in [-0.2, 0) is 4.79 Å². The molecule has 0 bridgehead atoms. The van der Waals surface area contributed by atoms with Crippen LogP contribution in [-0.4, -0.2) is 20.4 Å². The Balaban J connectivity index is 0. The molecule has 5 heteroatoms. The van der Waals surface area contributed by atoms with E-state index in [1.807, 2.05) is 0 Å². The second-order valence-electron chi connectivity index (χ2n) is 6.85. The van der Waals surface area contributed by atoms with Gasteiger partial charge in [-0.3, -0.25) is 4.79 Å². The summed E-state index contributed by atoms with van der Waals surface area (Å²) in [6.45, 7) is 7.26. The van der Waals surface area contributed by atoms with Gasteiger partial charge in [0.05, 0.1) is 5.41 Å². The Hall–Kier alpha value is 0.260. The number of thiocarbonyl (C=S) groups is 1. The molecule has 2 nitrogen and oxygen atoms in total. The van der Waals surface area contributed by atoms with Gasteiger partial charge < -0.3 is 5.11 Å². The van der Waals surface area contributed by atoms with E-state index >= 15 is 0 Å². The molecule has 0 spiro atoms. The fourth-order valence-electron chi connectivity index (χ4n) is 1.75. The molecule has 0 aromatic heterocycles. The minimum Gasteiger partial charge on any atom is -0.481 e. The van der Waals surface area contributed by atoms with Crippen LogP contribution >= 0.6 is 36.6 Å². The minimum absolute atomic E-state index is 0.583. The maximum Gasteiger partial charge on any atom is 0.308 e. The molecule has 0 aromatic carbocycles. The molecular weight excluding hydrogens is 344 g/mol. The first-order valence-corrected chi connectivity index (χ1v) is 10.6. The summed E-state index contributed by atoms with van der Waals surface area (Å²) in [5.74, 6) is 0.395.